The predicted octanol–water partition coefficient (Wildman–Crippen LogP) is 2.87. The minimum Gasteiger partial charge on any atom is -0.330 e. The summed E-state index contributed by atoms with van der Waals surface area (Å²) in [6.45, 7) is 1.25. The summed E-state index contributed by atoms with van der Waals surface area (Å²) in [5, 5.41) is 0.625. The van der Waals surface area contributed by atoms with Crippen molar-refractivity contribution < 1.29 is 4.79 Å². The number of anilines is 1. The summed E-state index contributed by atoms with van der Waals surface area (Å²) in [6, 6.07) is 15.4. The number of carbonyl (C=O) groups is 1. The summed E-state index contributed by atoms with van der Waals surface area (Å²) in [5.41, 5.74) is 9.10. The first-order valence-electron chi connectivity index (χ1n) is 7.61. The highest BCUT2D eigenvalue weighted by atomic mass is 35.5. The van der Waals surface area contributed by atoms with Crippen LogP contribution in [0.5, 0.6) is 0 Å². The number of fused-ring (bicyclic) bond motifs is 1. The molecule has 4 nitrogen and oxygen atoms in total. The summed E-state index contributed by atoms with van der Waals surface area (Å²) in [5.74, 6) is -0.0204. The van der Waals surface area contributed by atoms with Crippen molar-refractivity contribution in [3.8, 4) is 0 Å². The number of rotatable bonds is 4. The van der Waals surface area contributed by atoms with Crippen LogP contribution in [0.4, 0.5) is 5.69 Å². The number of amides is 1. The quantitative estimate of drug-likeness (QED) is 0.938. The fourth-order valence-electron chi connectivity index (χ4n) is 2.72. The smallest absolute Gasteiger partial charge is 0.248 e. The lowest BCUT2D eigenvalue weighted by Gasteiger charge is -2.23. The molecule has 1 aliphatic rings. The Hall–Kier alpha value is -2.17. The molecule has 1 aliphatic heterocycles. The second-order valence-electron chi connectivity index (χ2n) is 5.38. The van der Waals surface area contributed by atoms with Crippen LogP contribution in [-0.2, 0) is 4.79 Å². The molecule has 23 heavy (non-hydrogen) atoms. The number of hydrogen-bond acceptors (Lipinski definition) is 3. The van der Waals surface area contributed by atoms with Gasteiger partial charge in [-0.15, -0.1) is 0 Å². The largest absolute Gasteiger partial charge is 0.330 e. The summed E-state index contributed by atoms with van der Waals surface area (Å²) >= 11 is 6.19. The van der Waals surface area contributed by atoms with Gasteiger partial charge in [-0.3, -0.25) is 9.79 Å². The zero-order valence-electron chi connectivity index (χ0n) is 12.7. The van der Waals surface area contributed by atoms with E-state index in [2.05, 4.69) is 4.99 Å². The van der Waals surface area contributed by atoms with Crippen LogP contribution in [0, 0.1) is 0 Å². The number of benzodiazepines with no additional fused rings is 1. The maximum absolute atomic E-state index is 12.5. The van der Waals surface area contributed by atoms with Crippen LogP contribution < -0.4 is 10.6 Å². The average molecular weight is 328 g/mol. The molecule has 0 bridgehead atoms. The van der Waals surface area contributed by atoms with Crippen LogP contribution in [-0.4, -0.2) is 31.3 Å². The maximum atomic E-state index is 12.5. The molecule has 0 unspecified atom stereocenters. The van der Waals surface area contributed by atoms with E-state index in [1.807, 2.05) is 42.5 Å². The molecule has 2 N–H and O–H groups in total. The Kier molecular flexibility index (Phi) is 4.74. The van der Waals surface area contributed by atoms with Gasteiger partial charge in [0.05, 0.1) is 11.4 Å². The van der Waals surface area contributed by atoms with Gasteiger partial charge in [-0.1, -0.05) is 41.9 Å². The molecule has 0 spiro atoms. The van der Waals surface area contributed by atoms with E-state index in [9.17, 15) is 4.79 Å². The highest BCUT2D eigenvalue weighted by molar-refractivity contribution is 6.32. The number of aliphatic imine (C=N–C) groups is 1. The van der Waals surface area contributed by atoms with Crippen molar-refractivity contribution in [2.75, 3.05) is 24.5 Å². The highest BCUT2D eigenvalue weighted by Crippen LogP contribution is 2.29. The van der Waals surface area contributed by atoms with Gasteiger partial charge in [-0.2, -0.15) is 0 Å². The Morgan fingerprint density at radius 3 is 2.70 bits per heavy atom. The van der Waals surface area contributed by atoms with E-state index in [-0.39, 0.29) is 12.5 Å². The van der Waals surface area contributed by atoms with Crippen LogP contribution in [0.3, 0.4) is 0 Å². The number of halogens is 1. The third-order valence-corrected chi connectivity index (χ3v) is 4.05. The van der Waals surface area contributed by atoms with Crippen LogP contribution in [0.1, 0.15) is 17.5 Å². The van der Waals surface area contributed by atoms with E-state index in [0.29, 0.717) is 18.1 Å². The molecule has 0 saturated carbocycles. The van der Waals surface area contributed by atoms with E-state index >= 15 is 0 Å². The monoisotopic (exact) mass is 327 g/mol. The Morgan fingerprint density at radius 2 is 1.96 bits per heavy atom. The van der Waals surface area contributed by atoms with Gasteiger partial charge in [-0.05, 0) is 31.2 Å². The molecule has 0 atom stereocenters. The van der Waals surface area contributed by atoms with Crippen molar-refractivity contribution >= 4 is 28.9 Å². The fourth-order valence-corrected chi connectivity index (χ4v) is 2.89. The minimum atomic E-state index is -0.0204. The van der Waals surface area contributed by atoms with Gasteiger partial charge < -0.3 is 10.6 Å². The minimum absolute atomic E-state index is 0.0204. The predicted molar refractivity (Wildman–Crippen MR) is 94.4 cm³/mol. The van der Waals surface area contributed by atoms with Crippen LogP contribution in [0.15, 0.2) is 53.5 Å². The third-order valence-electron chi connectivity index (χ3n) is 3.81. The first-order valence-corrected chi connectivity index (χ1v) is 7.98. The summed E-state index contributed by atoms with van der Waals surface area (Å²) in [7, 11) is 0. The van der Waals surface area contributed by atoms with Gasteiger partial charge in [0.15, 0.2) is 0 Å². The van der Waals surface area contributed by atoms with Crippen molar-refractivity contribution in [1.29, 1.82) is 0 Å². The molecule has 0 saturated heterocycles. The van der Waals surface area contributed by atoms with Gasteiger partial charge in [0.1, 0.15) is 6.54 Å². The topological polar surface area (TPSA) is 58.7 Å². The Bertz CT molecular complexity index is 743. The first kappa shape index (κ1) is 15.7. The van der Waals surface area contributed by atoms with Gasteiger partial charge >= 0.3 is 0 Å². The molecule has 0 fully saturated rings. The van der Waals surface area contributed by atoms with E-state index in [1.165, 1.54) is 0 Å². The van der Waals surface area contributed by atoms with Crippen LogP contribution in [0.25, 0.3) is 0 Å². The Morgan fingerprint density at radius 1 is 1.17 bits per heavy atom. The Labute approximate surface area is 140 Å². The number of carbonyl (C=O) groups excluding carboxylic acids is 1. The zero-order chi connectivity index (χ0) is 16.2. The molecule has 2 aromatic rings. The molecule has 5 heteroatoms. The molecule has 1 amide bonds. The second kappa shape index (κ2) is 6.94. The molecule has 1 heterocycles. The summed E-state index contributed by atoms with van der Waals surface area (Å²) in [4.78, 5) is 18.8. The molecule has 0 radical (unpaired) electrons. The number of hydrogen-bond donors (Lipinski definition) is 1. The molecule has 0 aromatic heterocycles. The second-order valence-corrected chi connectivity index (χ2v) is 5.82. The van der Waals surface area contributed by atoms with Gasteiger partial charge in [0.2, 0.25) is 5.91 Å². The zero-order valence-corrected chi connectivity index (χ0v) is 13.5. The van der Waals surface area contributed by atoms with Gasteiger partial charge in [0, 0.05) is 22.7 Å². The SMILES string of the molecule is NCCCN1C(=O)CN=C(c2ccccc2)c2cc(Cl)ccc21. The number of benzene rings is 2. The van der Waals surface area contributed by atoms with Crippen LogP contribution >= 0.6 is 11.6 Å². The standard InChI is InChI=1S/C18H18ClN3O/c19-14-7-8-16-15(11-14)18(13-5-2-1-3-6-13)21-12-17(23)22(16)10-4-9-20/h1-3,5-8,11H,4,9-10,12,20H2. The van der Waals surface area contributed by atoms with Gasteiger partial charge in [-0.25, -0.2) is 0 Å². The molecule has 0 aliphatic carbocycles. The number of nitrogens with two attached hydrogens (primary N) is 1. The molecule has 3 rings (SSSR count). The average Bonchev–Trinajstić information content (AvgIpc) is 2.70. The lowest BCUT2D eigenvalue weighted by molar-refractivity contribution is -0.117. The van der Waals surface area contributed by atoms with Crippen molar-refractivity contribution in [3.63, 3.8) is 0 Å². The van der Waals surface area contributed by atoms with E-state index in [4.69, 9.17) is 17.3 Å². The summed E-state index contributed by atoms with van der Waals surface area (Å²) < 4.78 is 0. The first-order chi connectivity index (χ1) is 11.2. The highest BCUT2D eigenvalue weighted by Gasteiger charge is 2.24. The normalized spacial score (nSPS) is 14.3. The van der Waals surface area contributed by atoms with Gasteiger partial charge in [0.25, 0.3) is 0 Å². The fraction of sp³-hybridized carbons (Fsp3) is 0.222. The third kappa shape index (κ3) is 3.28. The van der Waals surface area contributed by atoms with E-state index < -0.39 is 0 Å². The molecular weight excluding hydrogens is 310 g/mol. The van der Waals surface area contributed by atoms with Crippen LogP contribution in [0.2, 0.25) is 5.02 Å². The summed E-state index contributed by atoms with van der Waals surface area (Å²) in [6.07, 6.45) is 0.745. The lowest BCUT2D eigenvalue weighted by Crippen LogP contribution is -2.34. The van der Waals surface area contributed by atoms with Crippen molar-refractivity contribution in [1.82, 2.24) is 0 Å². The lowest BCUT2D eigenvalue weighted by atomic mass is 10.00. The Balaban J connectivity index is 2.12. The van der Waals surface area contributed by atoms with E-state index in [0.717, 1.165) is 28.9 Å². The molecule has 2 aromatic carbocycles. The van der Waals surface area contributed by atoms with Crippen molar-refractivity contribution in [2.24, 2.45) is 10.7 Å². The van der Waals surface area contributed by atoms with E-state index in [1.54, 1.807) is 11.0 Å². The molecular formula is C18H18ClN3O. The van der Waals surface area contributed by atoms with Crippen molar-refractivity contribution in [2.45, 2.75) is 6.42 Å². The molecule has 118 valence electrons. The number of nitrogens with zero attached hydrogens (tertiary/aromatic N) is 2. The van der Waals surface area contributed by atoms with Crippen molar-refractivity contribution in [3.05, 3.63) is 64.7 Å². The maximum Gasteiger partial charge on any atom is 0.248 e.